The summed E-state index contributed by atoms with van der Waals surface area (Å²) in [6.07, 6.45) is 1.17. The van der Waals surface area contributed by atoms with E-state index in [0.29, 0.717) is 11.5 Å². The molecule has 96 valence electrons. The van der Waals surface area contributed by atoms with Crippen LogP contribution in [0, 0.1) is 17.2 Å². The Hall–Kier alpha value is -2.05. The van der Waals surface area contributed by atoms with Gasteiger partial charge in [-0.3, -0.25) is 0 Å². The van der Waals surface area contributed by atoms with E-state index in [1.807, 2.05) is 36.4 Å². The molecule has 1 atom stereocenters. The lowest BCUT2D eigenvalue weighted by Crippen LogP contribution is -2.15. The van der Waals surface area contributed by atoms with Crippen molar-refractivity contribution >= 4 is 10.8 Å². The van der Waals surface area contributed by atoms with Gasteiger partial charge >= 0.3 is 0 Å². The molecule has 3 rings (SSSR count). The first-order chi connectivity index (χ1) is 9.38. The maximum absolute atomic E-state index is 9.13. The Morgan fingerprint density at radius 2 is 2.05 bits per heavy atom. The average Bonchev–Trinajstić information content (AvgIpc) is 2.98. The lowest BCUT2D eigenvalue weighted by atomic mass is 10.0. The van der Waals surface area contributed by atoms with E-state index in [-0.39, 0.29) is 0 Å². The zero-order valence-corrected chi connectivity index (χ0v) is 10.7. The van der Waals surface area contributed by atoms with Crippen LogP contribution in [0.2, 0.25) is 0 Å². The van der Waals surface area contributed by atoms with Crippen LogP contribution in [0.25, 0.3) is 10.8 Å². The van der Waals surface area contributed by atoms with Crippen molar-refractivity contribution in [2.24, 2.45) is 5.92 Å². The van der Waals surface area contributed by atoms with E-state index in [0.717, 1.165) is 36.2 Å². The van der Waals surface area contributed by atoms with Crippen molar-refractivity contribution in [3.05, 3.63) is 42.0 Å². The molecule has 0 aliphatic carbocycles. The highest BCUT2D eigenvalue weighted by Gasteiger charge is 2.15. The largest absolute Gasteiger partial charge is 0.493 e. The fourth-order valence-electron chi connectivity index (χ4n) is 2.56. The van der Waals surface area contributed by atoms with Crippen molar-refractivity contribution in [1.82, 2.24) is 5.32 Å². The number of hydrogen-bond acceptors (Lipinski definition) is 3. The minimum atomic E-state index is 0.592. The predicted octanol–water partition coefficient (Wildman–Crippen LogP) is 2.70. The van der Waals surface area contributed by atoms with E-state index < -0.39 is 0 Å². The SMILES string of the molecule is N#Cc1ccc(OCC2CCNC2)c2ccccc12. The molecule has 3 heteroatoms. The van der Waals surface area contributed by atoms with E-state index in [2.05, 4.69) is 11.4 Å². The van der Waals surface area contributed by atoms with Crippen LogP contribution < -0.4 is 10.1 Å². The summed E-state index contributed by atoms with van der Waals surface area (Å²) in [5.74, 6) is 1.47. The number of rotatable bonds is 3. The van der Waals surface area contributed by atoms with Gasteiger partial charge in [-0.15, -0.1) is 0 Å². The topological polar surface area (TPSA) is 45.0 Å². The second kappa shape index (κ2) is 5.29. The Kier molecular flexibility index (Phi) is 3.35. The van der Waals surface area contributed by atoms with Gasteiger partial charge in [-0.05, 0) is 25.1 Å². The van der Waals surface area contributed by atoms with E-state index in [1.54, 1.807) is 0 Å². The highest BCUT2D eigenvalue weighted by Crippen LogP contribution is 2.28. The molecule has 1 fully saturated rings. The highest BCUT2D eigenvalue weighted by atomic mass is 16.5. The van der Waals surface area contributed by atoms with Crippen LogP contribution in [0.4, 0.5) is 0 Å². The van der Waals surface area contributed by atoms with Gasteiger partial charge in [-0.25, -0.2) is 0 Å². The van der Waals surface area contributed by atoms with Gasteiger partial charge in [-0.2, -0.15) is 5.26 Å². The Bertz CT molecular complexity index is 624. The maximum Gasteiger partial charge on any atom is 0.127 e. The third-order valence-corrected chi connectivity index (χ3v) is 3.64. The van der Waals surface area contributed by atoms with Gasteiger partial charge in [0.2, 0.25) is 0 Å². The molecule has 3 nitrogen and oxygen atoms in total. The van der Waals surface area contributed by atoms with E-state index in [9.17, 15) is 0 Å². The van der Waals surface area contributed by atoms with Crippen LogP contribution in [0.5, 0.6) is 5.75 Å². The highest BCUT2D eigenvalue weighted by molar-refractivity contribution is 5.92. The molecule has 1 heterocycles. The van der Waals surface area contributed by atoms with E-state index >= 15 is 0 Å². The predicted molar refractivity (Wildman–Crippen MR) is 75.1 cm³/mol. The molecule has 2 aromatic carbocycles. The molecule has 1 unspecified atom stereocenters. The molecule has 0 amide bonds. The maximum atomic E-state index is 9.13. The molecule has 0 aromatic heterocycles. The number of nitriles is 1. The van der Waals surface area contributed by atoms with Gasteiger partial charge in [0.25, 0.3) is 0 Å². The number of nitrogens with one attached hydrogen (secondary N) is 1. The first-order valence-electron chi connectivity index (χ1n) is 6.64. The van der Waals surface area contributed by atoms with Crippen molar-refractivity contribution in [2.45, 2.75) is 6.42 Å². The number of nitrogens with zero attached hydrogens (tertiary/aromatic N) is 1. The van der Waals surface area contributed by atoms with Crippen LogP contribution >= 0.6 is 0 Å². The summed E-state index contributed by atoms with van der Waals surface area (Å²) in [6, 6.07) is 13.9. The molecule has 1 saturated heterocycles. The molecule has 1 aliphatic heterocycles. The van der Waals surface area contributed by atoms with Crippen molar-refractivity contribution < 1.29 is 4.74 Å². The van der Waals surface area contributed by atoms with Crippen molar-refractivity contribution in [3.8, 4) is 11.8 Å². The number of ether oxygens (including phenoxy) is 1. The molecule has 1 N–H and O–H groups in total. The van der Waals surface area contributed by atoms with Crippen molar-refractivity contribution in [2.75, 3.05) is 19.7 Å². The van der Waals surface area contributed by atoms with Gasteiger partial charge in [0.05, 0.1) is 18.2 Å². The van der Waals surface area contributed by atoms with Crippen LogP contribution in [0.15, 0.2) is 36.4 Å². The van der Waals surface area contributed by atoms with Gasteiger partial charge in [-0.1, -0.05) is 24.3 Å². The van der Waals surface area contributed by atoms with Gasteiger partial charge in [0.15, 0.2) is 0 Å². The zero-order valence-electron chi connectivity index (χ0n) is 10.7. The number of hydrogen-bond donors (Lipinski definition) is 1. The minimum Gasteiger partial charge on any atom is -0.493 e. The lowest BCUT2D eigenvalue weighted by Gasteiger charge is -2.13. The first kappa shape index (κ1) is 12.0. The normalized spacial score (nSPS) is 18.4. The zero-order chi connectivity index (χ0) is 13.1. The molecular weight excluding hydrogens is 236 g/mol. The Balaban J connectivity index is 1.89. The summed E-state index contributed by atoms with van der Waals surface area (Å²) in [4.78, 5) is 0. The molecule has 19 heavy (non-hydrogen) atoms. The van der Waals surface area contributed by atoms with Gasteiger partial charge in [0, 0.05) is 23.2 Å². The molecule has 0 spiro atoms. The third-order valence-electron chi connectivity index (χ3n) is 3.64. The molecular formula is C16H16N2O. The second-order valence-electron chi connectivity index (χ2n) is 4.94. The molecule has 0 radical (unpaired) electrons. The number of benzene rings is 2. The molecule has 0 bridgehead atoms. The van der Waals surface area contributed by atoms with Crippen LogP contribution in [-0.2, 0) is 0 Å². The van der Waals surface area contributed by atoms with Crippen LogP contribution in [0.1, 0.15) is 12.0 Å². The average molecular weight is 252 g/mol. The Labute approximate surface area is 112 Å². The third kappa shape index (κ3) is 2.40. The van der Waals surface area contributed by atoms with Gasteiger partial charge in [0.1, 0.15) is 5.75 Å². The van der Waals surface area contributed by atoms with Crippen LogP contribution in [0.3, 0.4) is 0 Å². The summed E-state index contributed by atoms with van der Waals surface area (Å²) < 4.78 is 5.95. The minimum absolute atomic E-state index is 0.592. The lowest BCUT2D eigenvalue weighted by molar-refractivity contribution is 0.263. The summed E-state index contributed by atoms with van der Waals surface area (Å²) >= 11 is 0. The fourth-order valence-corrected chi connectivity index (χ4v) is 2.56. The van der Waals surface area contributed by atoms with E-state index in [1.165, 1.54) is 6.42 Å². The van der Waals surface area contributed by atoms with Crippen LogP contribution in [-0.4, -0.2) is 19.7 Å². The van der Waals surface area contributed by atoms with E-state index in [4.69, 9.17) is 10.00 Å². The summed E-state index contributed by atoms with van der Waals surface area (Å²) in [5, 5.41) is 14.5. The van der Waals surface area contributed by atoms with Crippen molar-refractivity contribution in [1.29, 1.82) is 5.26 Å². The quantitative estimate of drug-likeness (QED) is 0.913. The molecule has 0 saturated carbocycles. The molecule has 1 aliphatic rings. The Morgan fingerprint density at radius 1 is 1.21 bits per heavy atom. The fraction of sp³-hybridized carbons (Fsp3) is 0.312. The summed E-state index contributed by atoms with van der Waals surface area (Å²) in [5.41, 5.74) is 0.700. The summed E-state index contributed by atoms with van der Waals surface area (Å²) in [6.45, 7) is 2.86. The first-order valence-corrected chi connectivity index (χ1v) is 6.64. The smallest absolute Gasteiger partial charge is 0.127 e. The summed E-state index contributed by atoms with van der Waals surface area (Å²) in [7, 11) is 0. The Morgan fingerprint density at radius 3 is 2.79 bits per heavy atom. The standard InChI is InChI=1S/C16H16N2O/c17-9-13-5-6-16(15-4-2-1-3-14(13)15)19-11-12-7-8-18-10-12/h1-6,12,18H,7-8,10-11H2. The number of fused-ring (bicyclic) bond motifs is 1. The van der Waals surface area contributed by atoms with Crippen molar-refractivity contribution in [3.63, 3.8) is 0 Å². The molecule has 2 aromatic rings. The second-order valence-corrected chi connectivity index (χ2v) is 4.94. The van der Waals surface area contributed by atoms with Gasteiger partial charge < -0.3 is 10.1 Å². The monoisotopic (exact) mass is 252 g/mol.